The van der Waals surface area contributed by atoms with Crippen LogP contribution < -0.4 is 5.32 Å². The molecule has 3 nitrogen and oxygen atoms in total. The number of nitrogens with one attached hydrogen (secondary N) is 1. The van der Waals surface area contributed by atoms with Crippen molar-refractivity contribution in [3.63, 3.8) is 0 Å². The molecule has 0 heterocycles. The Kier molecular flexibility index (Phi) is 5.47. The average molecular weight is 304 g/mol. The Morgan fingerprint density at radius 2 is 1.77 bits per heavy atom. The fourth-order valence-electron chi connectivity index (χ4n) is 2.07. The second-order valence-electron chi connectivity index (χ2n) is 4.93. The summed E-state index contributed by atoms with van der Waals surface area (Å²) in [5.41, 5.74) is 1.55. The molecule has 2 aromatic carbocycles. The predicted octanol–water partition coefficient (Wildman–Crippen LogP) is 3.70. The number of benzene rings is 2. The van der Waals surface area contributed by atoms with Gasteiger partial charge in [0.1, 0.15) is 11.6 Å². The lowest BCUT2D eigenvalue weighted by molar-refractivity contribution is 0.197. The number of hydrogen-bond donors (Lipinski definition) is 1. The maximum Gasteiger partial charge on any atom is 0.317 e. The zero-order valence-corrected chi connectivity index (χ0v) is 12.4. The van der Waals surface area contributed by atoms with Gasteiger partial charge in [-0.15, -0.1) is 0 Å². The molecule has 0 aromatic heterocycles. The van der Waals surface area contributed by atoms with Crippen molar-refractivity contribution >= 4 is 6.03 Å². The smallest absolute Gasteiger partial charge is 0.317 e. The van der Waals surface area contributed by atoms with E-state index in [9.17, 15) is 13.6 Å². The molecular weight excluding hydrogens is 286 g/mol. The summed E-state index contributed by atoms with van der Waals surface area (Å²) in [6.45, 7) is 3.02. The first-order valence-electron chi connectivity index (χ1n) is 7.10. The van der Waals surface area contributed by atoms with Crippen LogP contribution in [0.2, 0.25) is 0 Å². The number of hydrogen-bond acceptors (Lipinski definition) is 1. The molecular formula is C17H18F2N2O. The lowest BCUT2D eigenvalue weighted by Gasteiger charge is -2.21. The van der Waals surface area contributed by atoms with Crippen molar-refractivity contribution in [2.75, 3.05) is 6.54 Å². The highest BCUT2D eigenvalue weighted by Gasteiger charge is 2.12. The standard InChI is InChI=1S/C17H18F2N2O/c1-2-21(12-14-4-3-5-16(19)10-14)17(22)20-11-13-6-8-15(18)9-7-13/h3-10H,2,11-12H2,1H3,(H,20,22). The van der Waals surface area contributed by atoms with Gasteiger partial charge >= 0.3 is 6.03 Å². The zero-order valence-electron chi connectivity index (χ0n) is 12.4. The van der Waals surface area contributed by atoms with Crippen LogP contribution in [0.25, 0.3) is 0 Å². The van der Waals surface area contributed by atoms with Gasteiger partial charge < -0.3 is 10.2 Å². The Labute approximate surface area is 128 Å². The molecule has 0 radical (unpaired) electrons. The number of carbonyl (C=O) groups is 1. The summed E-state index contributed by atoms with van der Waals surface area (Å²) >= 11 is 0. The molecule has 5 heteroatoms. The van der Waals surface area contributed by atoms with Crippen LogP contribution >= 0.6 is 0 Å². The molecule has 0 spiro atoms. The molecule has 0 aliphatic heterocycles. The van der Waals surface area contributed by atoms with Gasteiger partial charge in [0.05, 0.1) is 0 Å². The van der Waals surface area contributed by atoms with Gasteiger partial charge in [0.2, 0.25) is 0 Å². The van der Waals surface area contributed by atoms with E-state index in [1.807, 2.05) is 6.92 Å². The van der Waals surface area contributed by atoms with Crippen molar-refractivity contribution in [3.05, 3.63) is 71.3 Å². The van der Waals surface area contributed by atoms with E-state index in [0.717, 1.165) is 11.1 Å². The summed E-state index contributed by atoms with van der Waals surface area (Å²) in [5.74, 6) is -0.628. The van der Waals surface area contributed by atoms with Crippen molar-refractivity contribution in [3.8, 4) is 0 Å². The van der Waals surface area contributed by atoms with Crippen LogP contribution in [-0.2, 0) is 13.1 Å². The highest BCUT2D eigenvalue weighted by molar-refractivity contribution is 5.74. The molecule has 0 fully saturated rings. The van der Waals surface area contributed by atoms with Crippen LogP contribution in [0.1, 0.15) is 18.1 Å². The van der Waals surface area contributed by atoms with Crippen molar-refractivity contribution in [2.24, 2.45) is 0 Å². The van der Waals surface area contributed by atoms with Gasteiger partial charge in [-0.2, -0.15) is 0 Å². The van der Waals surface area contributed by atoms with E-state index in [0.29, 0.717) is 19.6 Å². The highest BCUT2D eigenvalue weighted by atomic mass is 19.1. The minimum absolute atomic E-state index is 0.240. The van der Waals surface area contributed by atoms with Crippen LogP contribution in [0.15, 0.2) is 48.5 Å². The molecule has 0 unspecified atom stereocenters. The van der Waals surface area contributed by atoms with E-state index < -0.39 is 0 Å². The third kappa shape index (κ3) is 4.55. The zero-order chi connectivity index (χ0) is 15.9. The molecule has 2 rings (SSSR count). The molecule has 0 aliphatic carbocycles. The number of carbonyl (C=O) groups excluding carboxylic acids is 1. The van der Waals surface area contributed by atoms with E-state index in [2.05, 4.69) is 5.32 Å². The lowest BCUT2D eigenvalue weighted by Crippen LogP contribution is -2.39. The van der Waals surface area contributed by atoms with Gasteiger partial charge in [-0.3, -0.25) is 0 Å². The molecule has 1 N–H and O–H groups in total. The minimum Gasteiger partial charge on any atom is -0.334 e. The Hall–Kier alpha value is -2.43. The molecule has 0 atom stereocenters. The summed E-state index contributed by atoms with van der Waals surface area (Å²) in [6, 6.07) is 11.9. The Bertz CT molecular complexity index is 629. The summed E-state index contributed by atoms with van der Waals surface area (Å²) in [7, 11) is 0. The van der Waals surface area contributed by atoms with Crippen LogP contribution in [-0.4, -0.2) is 17.5 Å². The van der Waals surface area contributed by atoms with Crippen LogP contribution in [0.5, 0.6) is 0 Å². The summed E-state index contributed by atoms with van der Waals surface area (Å²) in [6.07, 6.45) is 0. The van der Waals surface area contributed by atoms with Gasteiger partial charge in [-0.1, -0.05) is 24.3 Å². The minimum atomic E-state index is -0.319. The van der Waals surface area contributed by atoms with Crippen LogP contribution in [0, 0.1) is 11.6 Å². The number of halogens is 2. The van der Waals surface area contributed by atoms with Crippen molar-refractivity contribution in [1.82, 2.24) is 10.2 Å². The quantitative estimate of drug-likeness (QED) is 0.897. The number of nitrogens with zero attached hydrogens (tertiary/aromatic N) is 1. The molecule has 116 valence electrons. The largest absolute Gasteiger partial charge is 0.334 e. The van der Waals surface area contributed by atoms with Gasteiger partial charge in [-0.25, -0.2) is 13.6 Å². The fraction of sp³-hybridized carbons (Fsp3) is 0.235. The number of rotatable bonds is 5. The van der Waals surface area contributed by atoms with E-state index in [1.165, 1.54) is 24.3 Å². The van der Waals surface area contributed by atoms with Crippen LogP contribution in [0.3, 0.4) is 0 Å². The molecule has 22 heavy (non-hydrogen) atoms. The van der Waals surface area contributed by atoms with Crippen molar-refractivity contribution < 1.29 is 13.6 Å². The first-order chi connectivity index (χ1) is 10.6. The van der Waals surface area contributed by atoms with E-state index >= 15 is 0 Å². The third-order valence-electron chi connectivity index (χ3n) is 3.29. The van der Waals surface area contributed by atoms with E-state index in [4.69, 9.17) is 0 Å². The van der Waals surface area contributed by atoms with Crippen molar-refractivity contribution in [1.29, 1.82) is 0 Å². The SMILES string of the molecule is CCN(Cc1cccc(F)c1)C(=O)NCc1ccc(F)cc1. The average Bonchev–Trinajstić information content (AvgIpc) is 2.52. The number of urea groups is 1. The van der Waals surface area contributed by atoms with Gasteiger partial charge in [0, 0.05) is 19.6 Å². The lowest BCUT2D eigenvalue weighted by atomic mass is 10.2. The maximum absolute atomic E-state index is 13.2. The van der Waals surface area contributed by atoms with Crippen molar-refractivity contribution in [2.45, 2.75) is 20.0 Å². The van der Waals surface area contributed by atoms with Gasteiger partial charge in [0.15, 0.2) is 0 Å². The Morgan fingerprint density at radius 3 is 2.41 bits per heavy atom. The molecule has 0 saturated carbocycles. The van der Waals surface area contributed by atoms with Gasteiger partial charge in [-0.05, 0) is 42.3 Å². The predicted molar refractivity (Wildman–Crippen MR) is 81.1 cm³/mol. The van der Waals surface area contributed by atoms with Gasteiger partial charge in [0.25, 0.3) is 0 Å². The fourth-order valence-corrected chi connectivity index (χ4v) is 2.07. The topological polar surface area (TPSA) is 32.3 Å². The Morgan fingerprint density at radius 1 is 1.05 bits per heavy atom. The maximum atomic E-state index is 13.2. The molecule has 0 aliphatic rings. The summed E-state index contributed by atoms with van der Waals surface area (Å²) < 4.78 is 26.0. The second kappa shape index (κ2) is 7.54. The first kappa shape index (κ1) is 15.9. The highest BCUT2D eigenvalue weighted by Crippen LogP contribution is 2.08. The number of amides is 2. The Balaban J connectivity index is 1.92. The van der Waals surface area contributed by atoms with E-state index in [-0.39, 0.29) is 17.7 Å². The monoisotopic (exact) mass is 304 g/mol. The molecule has 0 saturated heterocycles. The summed E-state index contributed by atoms with van der Waals surface area (Å²) in [4.78, 5) is 13.7. The summed E-state index contributed by atoms with van der Waals surface area (Å²) in [5, 5.41) is 2.78. The van der Waals surface area contributed by atoms with E-state index in [1.54, 1.807) is 29.2 Å². The third-order valence-corrected chi connectivity index (χ3v) is 3.29. The normalized spacial score (nSPS) is 10.3. The second-order valence-corrected chi connectivity index (χ2v) is 4.93. The molecule has 2 amide bonds. The molecule has 2 aromatic rings. The molecule has 0 bridgehead atoms. The van der Waals surface area contributed by atoms with Crippen LogP contribution in [0.4, 0.5) is 13.6 Å². The first-order valence-corrected chi connectivity index (χ1v) is 7.10.